The van der Waals surface area contributed by atoms with Crippen LogP contribution in [-0.2, 0) is 25.5 Å². The zero-order chi connectivity index (χ0) is 38.8. The van der Waals surface area contributed by atoms with E-state index >= 15 is 0 Å². The molecule has 14 nitrogen and oxygen atoms in total. The number of hydrogen-bond donors (Lipinski definition) is 4. The summed E-state index contributed by atoms with van der Waals surface area (Å²) in [5.41, 5.74) is 1.34. The van der Waals surface area contributed by atoms with E-state index in [-0.39, 0.29) is 52.8 Å². The molecule has 8 bridgehead atoms. The van der Waals surface area contributed by atoms with Crippen LogP contribution in [0.25, 0.3) is 0 Å². The zero-order valence-electron chi connectivity index (χ0n) is 31.7. The van der Waals surface area contributed by atoms with E-state index in [2.05, 4.69) is 31.2 Å². The molecule has 3 aromatic rings. The average molecular weight is 777 g/mol. The van der Waals surface area contributed by atoms with Crippen molar-refractivity contribution in [1.29, 1.82) is 0 Å². The van der Waals surface area contributed by atoms with Gasteiger partial charge in [0.2, 0.25) is 23.6 Å². The number of rotatable bonds is 5. The first-order valence-corrected chi connectivity index (χ1v) is 20.1. The summed E-state index contributed by atoms with van der Waals surface area (Å²) in [5, 5.41) is 16.7. The van der Waals surface area contributed by atoms with Crippen LogP contribution in [-0.4, -0.2) is 81.8 Å². The Morgan fingerprint density at radius 2 is 1.09 bits per heavy atom. The summed E-state index contributed by atoms with van der Waals surface area (Å²) in [7, 11) is 0. The predicted octanol–water partition coefficient (Wildman–Crippen LogP) is 4.41. The number of aliphatic imine (C=N–C) groups is 2. The van der Waals surface area contributed by atoms with Gasteiger partial charge in [-0.1, -0.05) is 71.9 Å². The molecule has 2 aromatic heterocycles. The molecule has 8 atom stereocenters. The standard InChI is InChI=1S/C38H48N8O6S2/c1-17(2)26-35-45-29(20(7)51-35)33(49)39-23(14-22-12-10-9-11-13-22)37-40-24(15-53-37)31(47)42-27(18(3)4)36-46-30(21(8)52-36)34(50)44-28(19(5)6)38-41-25(16-54-38)32(48)43-26/h9-13,15-21,23,26-30H,14H2,1-8H3,(H,39,49)(H,42,47)(H,43,48)(H,44,50)/t20-,21-,23-,26+,27+,28-,29?,30?/m1/s1. The van der Waals surface area contributed by atoms with E-state index in [1.807, 2.05) is 71.9 Å². The summed E-state index contributed by atoms with van der Waals surface area (Å²) < 4.78 is 12.3. The molecular formula is C38H48N8O6S2. The first-order valence-electron chi connectivity index (χ1n) is 18.4. The number of nitrogens with one attached hydrogen (secondary N) is 4. The quantitative estimate of drug-likeness (QED) is 0.294. The van der Waals surface area contributed by atoms with Crippen LogP contribution in [0.2, 0.25) is 0 Å². The Morgan fingerprint density at radius 1 is 0.630 bits per heavy atom. The first kappa shape index (κ1) is 39.0. The molecule has 3 aliphatic rings. The lowest BCUT2D eigenvalue weighted by atomic mass is 10.0. The number of ether oxygens (including phenoxy) is 2. The Balaban J connectivity index is 1.38. The van der Waals surface area contributed by atoms with Gasteiger partial charge < -0.3 is 30.7 Å². The number of carbonyl (C=O) groups excluding carboxylic acids is 4. The highest BCUT2D eigenvalue weighted by Crippen LogP contribution is 2.29. The lowest BCUT2D eigenvalue weighted by Crippen LogP contribution is -2.45. The van der Waals surface area contributed by atoms with Gasteiger partial charge in [0.1, 0.15) is 45.7 Å². The highest BCUT2D eigenvalue weighted by molar-refractivity contribution is 7.10. The molecule has 54 heavy (non-hydrogen) atoms. The maximum atomic E-state index is 14.0. The van der Waals surface area contributed by atoms with Crippen LogP contribution in [0.15, 0.2) is 51.1 Å². The Morgan fingerprint density at radius 3 is 1.59 bits per heavy atom. The largest absolute Gasteiger partial charge is 0.474 e. The second kappa shape index (κ2) is 16.3. The number of carbonyl (C=O) groups is 4. The number of hydrogen-bond acceptors (Lipinski definition) is 12. The van der Waals surface area contributed by atoms with Gasteiger partial charge in [0.05, 0.1) is 12.1 Å². The molecule has 6 rings (SSSR count). The Bertz CT molecular complexity index is 1920. The molecule has 5 heterocycles. The zero-order valence-corrected chi connectivity index (χ0v) is 33.3. The fourth-order valence-corrected chi connectivity index (χ4v) is 8.38. The summed E-state index contributed by atoms with van der Waals surface area (Å²) in [5.74, 6) is -1.41. The third kappa shape index (κ3) is 8.49. The molecule has 16 heteroatoms. The summed E-state index contributed by atoms with van der Waals surface area (Å²) in [4.78, 5) is 73.8. The normalized spacial score (nSPS) is 28.0. The number of benzene rings is 1. The van der Waals surface area contributed by atoms with Gasteiger partial charge in [-0.15, -0.1) is 22.7 Å². The minimum atomic E-state index is -0.892. The van der Waals surface area contributed by atoms with E-state index < -0.39 is 60.3 Å². The van der Waals surface area contributed by atoms with Crippen molar-refractivity contribution in [2.75, 3.05) is 0 Å². The predicted molar refractivity (Wildman–Crippen MR) is 207 cm³/mol. The molecule has 2 unspecified atom stereocenters. The SMILES string of the molecule is CC(C)[C@@H]1NC(=O)c2csc(n2)[C@@H](C(C)C)NC(=O)C2N=C(O[C@@H]2C)[C@H](C(C)C)NC(=O)c2csc(n2)[C@@H](Cc2ccccc2)NC(=O)C2N=C1O[C@@H]2C. The van der Waals surface area contributed by atoms with Gasteiger partial charge in [-0.3, -0.25) is 19.2 Å². The third-order valence-electron chi connectivity index (χ3n) is 9.65. The van der Waals surface area contributed by atoms with Crippen LogP contribution in [0.1, 0.15) is 104 Å². The van der Waals surface area contributed by atoms with Crippen molar-refractivity contribution in [1.82, 2.24) is 31.2 Å². The fraction of sp³-hybridized carbons (Fsp3) is 0.526. The first-order chi connectivity index (χ1) is 25.7. The van der Waals surface area contributed by atoms with Crippen molar-refractivity contribution >= 4 is 58.1 Å². The van der Waals surface area contributed by atoms with Gasteiger partial charge in [0, 0.05) is 10.8 Å². The second-order valence-electron chi connectivity index (χ2n) is 15.0. The molecule has 4 N–H and O–H groups in total. The minimum Gasteiger partial charge on any atom is -0.474 e. The minimum absolute atomic E-state index is 0.0668. The van der Waals surface area contributed by atoms with Crippen molar-refractivity contribution in [3.05, 3.63) is 68.1 Å². The molecule has 3 aliphatic heterocycles. The summed E-state index contributed by atoms with van der Waals surface area (Å²) in [6.07, 6.45) is -0.791. The molecule has 288 valence electrons. The lowest BCUT2D eigenvalue weighted by molar-refractivity contribution is -0.125. The van der Waals surface area contributed by atoms with Crippen molar-refractivity contribution in [2.24, 2.45) is 27.7 Å². The van der Waals surface area contributed by atoms with Crippen LogP contribution in [0, 0.1) is 17.8 Å². The van der Waals surface area contributed by atoms with E-state index in [1.54, 1.807) is 24.6 Å². The fourth-order valence-electron chi connectivity index (χ4n) is 6.51. The Labute approximate surface area is 323 Å². The van der Waals surface area contributed by atoms with E-state index in [4.69, 9.17) is 19.5 Å². The summed E-state index contributed by atoms with van der Waals surface area (Å²) in [6, 6.07) is 5.56. The topological polar surface area (TPSA) is 185 Å². The van der Waals surface area contributed by atoms with Gasteiger partial charge in [-0.05, 0) is 43.6 Å². The molecule has 1 aromatic carbocycles. The maximum absolute atomic E-state index is 14.0. The van der Waals surface area contributed by atoms with Crippen molar-refractivity contribution in [2.45, 2.75) is 110 Å². The van der Waals surface area contributed by atoms with Gasteiger partial charge in [-0.2, -0.15) is 0 Å². The number of aromatic nitrogens is 2. The smallest absolute Gasteiger partial charge is 0.271 e. The monoisotopic (exact) mass is 776 g/mol. The Hall–Kier alpha value is -4.70. The summed E-state index contributed by atoms with van der Waals surface area (Å²) in [6.45, 7) is 15.2. The van der Waals surface area contributed by atoms with Gasteiger partial charge >= 0.3 is 0 Å². The average Bonchev–Trinajstić information content (AvgIpc) is 3.94. The van der Waals surface area contributed by atoms with Crippen LogP contribution in [0.5, 0.6) is 0 Å². The van der Waals surface area contributed by atoms with E-state index in [1.165, 1.54) is 22.7 Å². The van der Waals surface area contributed by atoms with Crippen molar-refractivity contribution < 1.29 is 28.7 Å². The number of amides is 4. The van der Waals surface area contributed by atoms with Gasteiger partial charge in [0.15, 0.2) is 12.1 Å². The number of nitrogens with zero attached hydrogens (tertiary/aromatic N) is 4. The molecular weight excluding hydrogens is 729 g/mol. The van der Waals surface area contributed by atoms with Gasteiger partial charge in [-0.25, -0.2) is 20.0 Å². The number of thiazole rings is 2. The van der Waals surface area contributed by atoms with Crippen LogP contribution in [0.3, 0.4) is 0 Å². The lowest BCUT2D eigenvalue weighted by Gasteiger charge is -2.23. The molecule has 0 fully saturated rings. The van der Waals surface area contributed by atoms with Crippen LogP contribution >= 0.6 is 22.7 Å². The molecule has 0 spiro atoms. The summed E-state index contributed by atoms with van der Waals surface area (Å²) >= 11 is 2.54. The molecule has 0 aliphatic carbocycles. The molecule has 0 saturated heterocycles. The molecule has 0 saturated carbocycles. The highest BCUT2D eigenvalue weighted by atomic mass is 32.1. The number of fused-ring (bicyclic) bond motifs is 6. The third-order valence-corrected chi connectivity index (χ3v) is 11.5. The van der Waals surface area contributed by atoms with Gasteiger partial charge in [0.25, 0.3) is 11.8 Å². The molecule has 0 radical (unpaired) electrons. The maximum Gasteiger partial charge on any atom is 0.271 e. The van der Waals surface area contributed by atoms with E-state index in [9.17, 15) is 19.2 Å². The van der Waals surface area contributed by atoms with Crippen molar-refractivity contribution in [3.8, 4) is 0 Å². The Kier molecular flexibility index (Phi) is 11.8. The van der Waals surface area contributed by atoms with E-state index in [0.717, 1.165) is 5.56 Å². The highest BCUT2D eigenvalue weighted by Gasteiger charge is 2.41. The molecule has 4 amide bonds. The van der Waals surface area contributed by atoms with Crippen LogP contribution < -0.4 is 21.3 Å². The van der Waals surface area contributed by atoms with Crippen molar-refractivity contribution in [3.63, 3.8) is 0 Å². The second-order valence-corrected chi connectivity index (χ2v) is 16.8. The van der Waals surface area contributed by atoms with Crippen LogP contribution in [0.4, 0.5) is 0 Å². The van der Waals surface area contributed by atoms with E-state index in [0.29, 0.717) is 16.4 Å².